The van der Waals surface area contributed by atoms with Gasteiger partial charge in [-0.2, -0.15) is 0 Å². The first-order valence-electron chi connectivity index (χ1n) is 7.09. The highest BCUT2D eigenvalue weighted by molar-refractivity contribution is 9.10. The Labute approximate surface area is 156 Å². The Hall–Kier alpha value is -1.63. The minimum atomic E-state index is -0.343. The minimum Gasteiger partial charge on any atom is -0.411 e. The van der Waals surface area contributed by atoms with E-state index in [1.54, 1.807) is 24.3 Å². The molecule has 7 heteroatoms. The number of hydrogen-bond donors (Lipinski definition) is 0. The minimum absolute atomic E-state index is 0.0138. The van der Waals surface area contributed by atoms with Crippen LogP contribution in [0, 0.1) is 0 Å². The quantitative estimate of drug-likeness (QED) is 0.400. The maximum absolute atomic E-state index is 12.4. The Morgan fingerprint density at radius 3 is 2.46 bits per heavy atom. The molecule has 0 aliphatic rings. The molecule has 0 saturated heterocycles. The van der Waals surface area contributed by atoms with Gasteiger partial charge in [0.25, 0.3) is 5.22 Å². The van der Waals surface area contributed by atoms with Gasteiger partial charge in [0.05, 0.1) is 5.25 Å². The number of nitrogens with zero attached hydrogens (tertiary/aromatic N) is 2. The lowest BCUT2D eigenvalue weighted by Crippen LogP contribution is -2.13. The summed E-state index contributed by atoms with van der Waals surface area (Å²) >= 11 is 10.5. The molecule has 0 aliphatic carbocycles. The molecule has 3 aromatic rings. The van der Waals surface area contributed by atoms with Crippen molar-refractivity contribution in [2.24, 2.45) is 0 Å². The van der Waals surface area contributed by atoms with Crippen molar-refractivity contribution >= 4 is 45.1 Å². The number of carbonyl (C=O) groups excluding carboxylic acids is 1. The lowest BCUT2D eigenvalue weighted by Gasteiger charge is -2.07. The molecule has 0 amide bonds. The van der Waals surface area contributed by atoms with Gasteiger partial charge in [-0.25, -0.2) is 0 Å². The zero-order valence-electron chi connectivity index (χ0n) is 12.6. The fraction of sp³-hybridized carbons (Fsp3) is 0.118. The number of carbonyl (C=O) groups is 1. The van der Waals surface area contributed by atoms with Crippen LogP contribution in [0.15, 0.2) is 62.6 Å². The first-order valence-corrected chi connectivity index (χ1v) is 9.14. The summed E-state index contributed by atoms with van der Waals surface area (Å²) in [5, 5.41) is 8.66. The van der Waals surface area contributed by atoms with Crippen molar-refractivity contribution in [1.82, 2.24) is 10.2 Å². The van der Waals surface area contributed by atoms with Crippen LogP contribution in [0.1, 0.15) is 17.3 Å². The van der Waals surface area contributed by atoms with Crippen LogP contribution in [0.25, 0.3) is 11.5 Å². The second kappa shape index (κ2) is 7.51. The number of thioether (sulfide) groups is 1. The summed E-state index contributed by atoms with van der Waals surface area (Å²) in [7, 11) is 0. The Morgan fingerprint density at radius 1 is 1.12 bits per heavy atom. The van der Waals surface area contributed by atoms with Crippen LogP contribution in [-0.2, 0) is 0 Å². The molecule has 1 aromatic heterocycles. The van der Waals surface area contributed by atoms with Gasteiger partial charge >= 0.3 is 0 Å². The number of hydrogen-bond acceptors (Lipinski definition) is 5. The smallest absolute Gasteiger partial charge is 0.277 e. The van der Waals surface area contributed by atoms with E-state index in [9.17, 15) is 4.79 Å². The lowest BCUT2D eigenvalue weighted by molar-refractivity contribution is 0.0993. The third-order valence-corrected chi connectivity index (χ3v) is 4.99. The van der Waals surface area contributed by atoms with E-state index in [1.807, 2.05) is 31.2 Å². The van der Waals surface area contributed by atoms with E-state index < -0.39 is 0 Å². The van der Waals surface area contributed by atoms with E-state index >= 15 is 0 Å². The van der Waals surface area contributed by atoms with Crippen LogP contribution in [-0.4, -0.2) is 21.2 Å². The summed E-state index contributed by atoms with van der Waals surface area (Å²) in [5.74, 6) is 0.413. The maximum Gasteiger partial charge on any atom is 0.277 e. The van der Waals surface area contributed by atoms with Gasteiger partial charge in [0.1, 0.15) is 0 Å². The first-order chi connectivity index (χ1) is 11.5. The second-order valence-corrected chi connectivity index (χ2v) is 7.66. The molecule has 0 bridgehead atoms. The average Bonchev–Trinajstić information content (AvgIpc) is 3.04. The Balaban J connectivity index is 1.70. The van der Waals surface area contributed by atoms with E-state index in [0.717, 1.165) is 10.0 Å². The highest BCUT2D eigenvalue weighted by Crippen LogP contribution is 2.28. The van der Waals surface area contributed by atoms with Gasteiger partial charge in [-0.3, -0.25) is 4.79 Å². The van der Waals surface area contributed by atoms with E-state index in [0.29, 0.717) is 21.7 Å². The molecule has 0 fully saturated rings. The summed E-state index contributed by atoms with van der Waals surface area (Å²) < 4.78 is 6.61. The molecule has 3 rings (SSSR count). The summed E-state index contributed by atoms with van der Waals surface area (Å²) in [6, 6.07) is 14.4. The zero-order chi connectivity index (χ0) is 17.1. The number of rotatable bonds is 5. The third-order valence-electron chi connectivity index (χ3n) is 3.27. The predicted molar refractivity (Wildman–Crippen MR) is 98.5 cm³/mol. The van der Waals surface area contributed by atoms with Gasteiger partial charge in [-0.15, -0.1) is 10.2 Å². The Bertz CT molecular complexity index is 850. The summed E-state index contributed by atoms with van der Waals surface area (Å²) in [4.78, 5) is 12.4. The van der Waals surface area contributed by atoms with E-state index in [2.05, 4.69) is 26.1 Å². The zero-order valence-corrected chi connectivity index (χ0v) is 15.7. The van der Waals surface area contributed by atoms with E-state index in [1.165, 1.54) is 11.8 Å². The van der Waals surface area contributed by atoms with Gasteiger partial charge in [-0.05, 0) is 55.5 Å². The van der Waals surface area contributed by atoms with Gasteiger partial charge < -0.3 is 4.42 Å². The molecule has 0 N–H and O–H groups in total. The number of benzene rings is 2. The van der Waals surface area contributed by atoms with Gasteiger partial charge in [-0.1, -0.05) is 39.3 Å². The molecule has 0 saturated carbocycles. The van der Waals surface area contributed by atoms with Crippen LogP contribution in [0.5, 0.6) is 0 Å². The fourth-order valence-electron chi connectivity index (χ4n) is 2.02. The SMILES string of the molecule is C[C@H](Sc1nnc(-c2ccc(Br)cc2)o1)C(=O)c1ccc(Cl)cc1. The van der Waals surface area contributed by atoms with Crippen molar-refractivity contribution in [3.8, 4) is 11.5 Å². The van der Waals surface area contributed by atoms with Crippen LogP contribution in [0.2, 0.25) is 5.02 Å². The molecule has 0 aliphatic heterocycles. The molecule has 24 heavy (non-hydrogen) atoms. The van der Waals surface area contributed by atoms with Crippen LogP contribution < -0.4 is 0 Å². The molecule has 4 nitrogen and oxygen atoms in total. The molecule has 1 atom stereocenters. The predicted octanol–water partition coefficient (Wildman–Crippen LogP) is 5.52. The van der Waals surface area contributed by atoms with Crippen molar-refractivity contribution in [1.29, 1.82) is 0 Å². The molecular formula is C17H12BrClN2O2S. The highest BCUT2D eigenvalue weighted by atomic mass is 79.9. The number of ketones is 1. The van der Waals surface area contributed by atoms with Crippen LogP contribution in [0.3, 0.4) is 0 Å². The Morgan fingerprint density at radius 2 is 1.79 bits per heavy atom. The largest absolute Gasteiger partial charge is 0.411 e. The molecule has 0 radical (unpaired) electrons. The van der Waals surface area contributed by atoms with Crippen molar-refractivity contribution < 1.29 is 9.21 Å². The van der Waals surface area contributed by atoms with E-state index in [4.69, 9.17) is 16.0 Å². The third kappa shape index (κ3) is 4.06. The summed E-state index contributed by atoms with van der Waals surface area (Å²) in [5.41, 5.74) is 1.43. The standard InChI is InChI=1S/C17H12BrClN2O2S/c1-10(15(22)11-4-8-14(19)9-5-11)24-17-21-20-16(23-17)12-2-6-13(18)7-3-12/h2-10H,1H3/t10-/m0/s1. The summed E-state index contributed by atoms with van der Waals surface area (Å²) in [6.07, 6.45) is 0. The molecule has 0 spiro atoms. The topological polar surface area (TPSA) is 56.0 Å². The van der Waals surface area contributed by atoms with Gasteiger partial charge in [0, 0.05) is 20.6 Å². The monoisotopic (exact) mass is 422 g/mol. The highest BCUT2D eigenvalue weighted by Gasteiger charge is 2.20. The number of halogens is 2. The first kappa shape index (κ1) is 17.2. The van der Waals surface area contributed by atoms with Crippen molar-refractivity contribution in [3.63, 3.8) is 0 Å². The molecule has 1 heterocycles. The van der Waals surface area contributed by atoms with Crippen molar-refractivity contribution in [2.75, 3.05) is 0 Å². The molecular weight excluding hydrogens is 412 g/mol. The maximum atomic E-state index is 12.4. The number of aromatic nitrogens is 2. The second-order valence-electron chi connectivity index (χ2n) is 5.01. The molecule has 122 valence electrons. The molecule has 0 unspecified atom stereocenters. The van der Waals surface area contributed by atoms with Crippen LogP contribution in [0.4, 0.5) is 0 Å². The van der Waals surface area contributed by atoms with Gasteiger partial charge in [0.2, 0.25) is 5.89 Å². The number of Topliss-reactive ketones (excluding diaryl/α,β-unsaturated/α-hetero) is 1. The lowest BCUT2D eigenvalue weighted by atomic mass is 10.1. The molecule has 2 aromatic carbocycles. The Kier molecular flexibility index (Phi) is 5.38. The van der Waals surface area contributed by atoms with Gasteiger partial charge in [0.15, 0.2) is 5.78 Å². The van der Waals surface area contributed by atoms with Crippen molar-refractivity contribution in [2.45, 2.75) is 17.4 Å². The average molecular weight is 424 g/mol. The fourth-order valence-corrected chi connectivity index (χ4v) is 3.17. The van der Waals surface area contributed by atoms with E-state index in [-0.39, 0.29) is 11.0 Å². The van der Waals surface area contributed by atoms with Crippen LogP contribution >= 0.6 is 39.3 Å². The normalized spacial score (nSPS) is 12.1. The summed E-state index contributed by atoms with van der Waals surface area (Å²) in [6.45, 7) is 1.81. The van der Waals surface area contributed by atoms with Crippen molar-refractivity contribution in [3.05, 3.63) is 63.6 Å².